The van der Waals surface area contributed by atoms with Gasteiger partial charge in [-0.25, -0.2) is 4.79 Å². The Kier molecular flexibility index (Phi) is 21.2. The van der Waals surface area contributed by atoms with Crippen LogP contribution in [0.25, 0.3) is 21.8 Å². The fraction of sp³-hybridized carbons (Fsp3) is 0.510. The van der Waals surface area contributed by atoms with Crippen LogP contribution in [0, 0.1) is 11.8 Å². The third-order valence-electron chi connectivity index (χ3n) is 13.8. The van der Waals surface area contributed by atoms with Crippen molar-refractivity contribution in [3.8, 4) is 0 Å². The number of aliphatic carboxylic acids is 1. The van der Waals surface area contributed by atoms with E-state index in [4.69, 9.17) is 28.7 Å². The second-order valence-electron chi connectivity index (χ2n) is 19.1. The number of carboxylic acids is 1. The second kappa shape index (κ2) is 27.4. The van der Waals surface area contributed by atoms with Crippen molar-refractivity contribution in [1.29, 1.82) is 0 Å². The van der Waals surface area contributed by atoms with Crippen LogP contribution in [0.1, 0.15) is 90.2 Å². The van der Waals surface area contributed by atoms with E-state index >= 15 is 0 Å². The number of H-pyrrole nitrogens is 2. The molecule has 23 nitrogen and oxygen atoms in total. The standard InChI is InChI=1S/C51H75N15O8/c1-5-28(3)41(52)47(71)65-42(29(4)6-2)48(72)66-23-13-20-40(66)46(70)64-39(25-31-27-60-35-17-10-8-15-33(31)35)45(69)63-38(24-30-26-59-34-16-9-7-14-32(30)34)44(68)61-36(18-11-21-57-50(53)54)43(67)62-37(49(73)74)19-12-22-58-51(55)56/h7-10,14-17,26-29,36-42,59-60H,5-6,11-13,18-25,52H2,1-4H3,(H,61,68)(H,62,67)(H,63,69)(H,64,70)(H,65,71)(H,73,74)(H4,53,54,57)(H4,55,56,58)/t28-,29-,36-,37-,38-,39-,40-,41-,42-/m0/s1. The summed E-state index contributed by atoms with van der Waals surface area (Å²) in [6.45, 7) is 7.96. The van der Waals surface area contributed by atoms with Crippen LogP contribution >= 0.6 is 0 Å². The predicted octanol–water partition coefficient (Wildman–Crippen LogP) is 0.461. The molecule has 0 saturated carbocycles. The van der Waals surface area contributed by atoms with E-state index in [2.05, 4.69) is 46.5 Å². The summed E-state index contributed by atoms with van der Waals surface area (Å²) in [5.41, 5.74) is 31.1. The lowest BCUT2D eigenvalue weighted by molar-refractivity contribution is -0.143. The Morgan fingerprint density at radius 2 is 1.14 bits per heavy atom. The van der Waals surface area contributed by atoms with Crippen molar-refractivity contribution >= 4 is 75.1 Å². The van der Waals surface area contributed by atoms with Gasteiger partial charge in [-0.05, 0) is 73.6 Å². The number of hydrogen-bond acceptors (Lipinski definition) is 10. The Labute approximate surface area is 430 Å². The summed E-state index contributed by atoms with van der Waals surface area (Å²) < 4.78 is 0. The first-order valence-corrected chi connectivity index (χ1v) is 25.3. The largest absolute Gasteiger partial charge is 0.480 e. The van der Waals surface area contributed by atoms with Crippen LogP contribution in [0.3, 0.4) is 0 Å². The van der Waals surface area contributed by atoms with Crippen molar-refractivity contribution in [2.45, 2.75) is 134 Å². The van der Waals surface area contributed by atoms with Gasteiger partial charge in [-0.2, -0.15) is 0 Å². The minimum absolute atomic E-state index is 0.0372. The van der Waals surface area contributed by atoms with E-state index in [1.807, 2.05) is 76.2 Å². The van der Waals surface area contributed by atoms with Gasteiger partial charge in [0, 0.05) is 66.7 Å². The van der Waals surface area contributed by atoms with Crippen molar-refractivity contribution in [1.82, 2.24) is 41.5 Å². The number of aliphatic imine (C=N–C) groups is 2. The average Bonchev–Trinajstić information content (AvgIpc) is 4.15. The van der Waals surface area contributed by atoms with Gasteiger partial charge in [-0.1, -0.05) is 76.9 Å². The minimum Gasteiger partial charge on any atom is -0.480 e. The van der Waals surface area contributed by atoms with E-state index in [0.717, 1.165) is 21.8 Å². The summed E-state index contributed by atoms with van der Waals surface area (Å²) in [4.78, 5) is 114. The molecular weight excluding hydrogens is 951 g/mol. The van der Waals surface area contributed by atoms with Gasteiger partial charge in [0.2, 0.25) is 35.4 Å². The van der Waals surface area contributed by atoms with Gasteiger partial charge in [-0.3, -0.25) is 38.8 Å². The maximum Gasteiger partial charge on any atom is 0.326 e. The van der Waals surface area contributed by atoms with Gasteiger partial charge < -0.3 is 75.2 Å². The van der Waals surface area contributed by atoms with E-state index in [0.29, 0.717) is 30.4 Å². The number of hydrogen-bond donors (Lipinski definition) is 13. The van der Waals surface area contributed by atoms with Crippen LogP contribution < -0.4 is 55.3 Å². The number of benzene rings is 2. The maximum atomic E-state index is 15.0. The van der Waals surface area contributed by atoms with Crippen LogP contribution in [0.2, 0.25) is 0 Å². The molecule has 9 atom stereocenters. The van der Waals surface area contributed by atoms with Gasteiger partial charge in [0.05, 0.1) is 6.04 Å². The Morgan fingerprint density at radius 1 is 0.662 bits per heavy atom. The lowest BCUT2D eigenvalue weighted by Gasteiger charge is -2.33. The van der Waals surface area contributed by atoms with Crippen LogP contribution in [0.4, 0.5) is 0 Å². The Bertz CT molecular complexity index is 2640. The summed E-state index contributed by atoms with van der Waals surface area (Å²) in [5, 5.41) is 25.6. The van der Waals surface area contributed by atoms with Crippen LogP contribution in [-0.2, 0) is 46.4 Å². The summed E-state index contributed by atoms with van der Waals surface area (Å²) >= 11 is 0. The monoisotopic (exact) mass is 1030 g/mol. The third kappa shape index (κ3) is 15.7. The lowest BCUT2D eigenvalue weighted by Crippen LogP contribution is -2.60. The molecule has 2 aromatic carbocycles. The lowest BCUT2D eigenvalue weighted by atomic mass is 9.95. The molecule has 0 bridgehead atoms. The fourth-order valence-corrected chi connectivity index (χ4v) is 9.00. The van der Waals surface area contributed by atoms with Crippen molar-refractivity contribution < 1.29 is 38.7 Å². The number of guanidine groups is 2. The fourth-order valence-electron chi connectivity index (χ4n) is 9.00. The highest BCUT2D eigenvalue weighted by Gasteiger charge is 2.41. The van der Waals surface area contributed by atoms with Crippen LogP contribution in [0.5, 0.6) is 0 Å². The molecule has 23 heteroatoms. The number of carbonyl (C=O) groups is 7. The maximum absolute atomic E-state index is 15.0. The van der Waals surface area contributed by atoms with Crippen LogP contribution in [-0.4, -0.2) is 135 Å². The molecule has 402 valence electrons. The molecule has 0 spiro atoms. The predicted molar refractivity (Wildman–Crippen MR) is 283 cm³/mol. The second-order valence-corrected chi connectivity index (χ2v) is 19.1. The van der Waals surface area contributed by atoms with E-state index < -0.39 is 83.7 Å². The van der Waals surface area contributed by atoms with Crippen molar-refractivity contribution in [3.63, 3.8) is 0 Å². The number of para-hydroxylation sites is 2. The molecular formula is C51H75N15O8. The topological polar surface area (TPSA) is 390 Å². The van der Waals surface area contributed by atoms with Gasteiger partial charge in [0.15, 0.2) is 11.9 Å². The van der Waals surface area contributed by atoms with Crippen molar-refractivity contribution in [2.24, 2.45) is 50.5 Å². The Balaban J connectivity index is 1.47. The molecule has 0 aliphatic carbocycles. The number of likely N-dealkylation sites (tertiary alicyclic amines) is 1. The summed E-state index contributed by atoms with van der Waals surface area (Å²) in [6.07, 6.45) is 5.61. The first-order chi connectivity index (χ1) is 35.3. The molecule has 2 aromatic heterocycles. The Morgan fingerprint density at radius 3 is 1.65 bits per heavy atom. The molecule has 4 aromatic rings. The highest BCUT2D eigenvalue weighted by atomic mass is 16.4. The number of amides is 6. The number of nitrogens with one attached hydrogen (secondary N) is 7. The zero-order valence-electron chi connectivity index (χ0n) is 42.7. The van der Waals surface area contributed by atoms with E-state index in [9.17, 15) is 38.7 Å². The third-order valence-corrected chi connectivity index (χ3v) is 13.8. The van der Waals surface area contributed by atoms with Crippen LogP contribution in [0.15, 0.2) is 70.9 Å². The van der Waals surface area contributed by atoms with Gasteiger partial charge >= 0.3 is 5.97 Å². The molecule has 0 radical (unpaired) electrons. The zero-order chi connectivity index (χ0) is 54.1. The SMILES string of the molecule is CC[C@H](C)[C@H](N)C(=O)N[C@H](C(=O)N1CCC[C@H]1C(=O)N[C@@H](Cc1c[nH]c2ccccc12)C(=O)N[C@@H](Cc1c[nH]c2ccccc12)C(=O)N[C@@H](CCCN=C(N)N)C(=O)N[C@@H](CCCN=C(N)N)C(=O)O)[C@@H](C)CC. The average molecular weight is 1030 g/mol. The molecule has 1 saturated heterocycles. The van der Waals surface area contributed by atoms with Crippen molar-refractivity contribution in [2.75, 3.05) is 19.6 Å². The van der Waals surface area contributed by atoms with E-state index in [1.54, 1.807) is 12.4 Å². The minimum atomic E-state index is -1.38. The molecule has 5 rings (SSSR count). The van der Waals surface area contributed by atoms with Gasteiger partial charge in [0.25, 0.3) is 0 Å². The number of aromatic amines is 2. The quantitative estimate of drug-likeness (QED) is 0.0209. The number of aromatic nitrogens is 2. The normalized spacial score (nSPS) is 16.6. The summed E-state index contributed by atoms with van der Waals surface area (Å²) in [5.74, 6) is -5.98. The first-order valence-electron chi connectivity index (χ1n) is 25.3. The summed E-state index contributed by atoms with van der Waals surface area (Å²) in [6, 6.07) is 6.60. The molecule has 6 amide bonds. The molecule has 1 aliphatic heterocycles. The summed E-state index contributed by atoms with van der Waals surface area (Å²) in [7, 11) is 0. The molecule has 3 heterocycles. The van der Waals surface area contributed by atoms with Gasteiger partial charge in [0.1, 0.15) is 36.3 Å². The highest BCUT2D eigenvalue weighted by molar-refractivity contribution is 5.98. The molecule has 1 aliphatic rings. The highest BCUT2D eigenvalue weighted by Crippen LogP contribution is 2.25. The molecule has 74 heavy (non-hydrogen) atoms. The number of nitrogens with zero attached hydrogens (tertiary/aromatic N) is 3. The van der Waals surface area contributed by atoms with E-state index in [-0.39, 0.29) is 88.3 Å². The first kappa shape index (κ1) is 57.2. The molecule has 0 unspecified atom stereocenters. The van der Waals surface area contributed by atoms with E-state index in [1.165, 1.54) is 4.90 Å². The molecule has 1 fully saturated rings. The van der Waals surface area contributed by atoms with Gasteiger partial charge in [-0.15, -0.1) is 0 Å². The number of rotatable bonds is 28. The smallest absolute Gasteiger partial charge is 0.326 e. The molecule has 18 N–H and O–H groups in total. The number of carbonyl (C=O) groups excluding carboxylic acids is 6. The number of nitrogens with two attached hydrogens (primary N) is 5. The zero-order valence-corrected chi connectivity index (χ0v) is 42.7. The number of carboxylic acid groups (broad SMARTS) is 1. The van der Waals surface area contributed by atoms with Crippen molar-refractivity contribution in [3.05, 3.63) is 72.1 Å². The Hall–Kier alpha value is -7.69. The number of fused-ring (bicyclic) bond motifs is 2.